The normalized spacial score (nSPS) is 12.8. The topological polar surface area (TPSA) is 12.9 Å². The number of thiazole rings is 1. The van der Waals surface area contributed by atoms with Crippen LogP contribution in [0.4, 0.5) is 0 Å². The monoisotopic (exact) mass is 281 g/mol. The van der Waals surface area contributed by atoms with Gasteiger partial charge in [0.1, 0.15) is 5.01 Å². The lowest BCUT2D eigenvalue weighted by molar-refractivity contribution is 1.29. The lowest BCUT2D eigenvalue weighted by Crippen LogP contribution is -1.92. The second kappa shape index (κ2) is 4.51. The minimum Gasteiger partial charge on any atom is -0.236 e. The number of fused-ring (bicyclic) bond motifs is 3. The lowest BCUT2D eigenvalue weighted by atomic mass is 10.1. The third-order valence-electron chi connectivity index (χ3n) is 3.22. The Kier molecular flexibility index (Phi) is 2.67. The Morgan fingerprint density at radius 3 is 2.58 bits per heavy atom. The Balaban J connectivity index is 1.88. The van der Waals surface area contributed by atoms with Crippen LogP contribution < -0.4 is 0 Å². The van der Waals surface area contributed by atoms with Gasteiger partial charge in [-0.05, 0) is 6.07 Å². The van der Waals surface area contributed by atoms with Crippen molar-refractivity contribution in [1.82, 2.24) is 4.98 Å². The third kappa shape index (κ3) is 1.90. The van der Waals surface area contributed by atoms with Gasteiger partial charge in [0.05, 0.1) is 5.69 Å². The highest BCUT2D eigenvalue weighted by atomic mass is 32.2. The minimum atomic E-state index is 1.04. The summed E-state index contributed by atoms with van der Waals surface area (Å²) in [7, 11) is 0. The largest absolute Gasteiger partial charge is 0.236 e. The second-order valence-electron chi connectivity index (χ2n) is 4.44. The highest BCUT2D eigenvalue weighted by Crippen LogP contribution is 2.44. The summed E-state index contributed by atoms with van der Waals surface area (Å²) in [5.74, 6) is 1.04. The van der Waals surface area contributed by atoms with Crippen LogP contribution >= 0.6 is 23.1 Å². The molecule has 0 radical (unpaired) electrons. The van der Waals surface area contributed by atoms with Crippen molar-refractivity contribution in [3.63, 3.8) is 0 Å². The van der Waals surface area contributed by atoms with Gasteiger partial charge in [0, 0.05) is 26.7 Å². The standard InChI is InChI=1S/C16H11NS2/c1-2-6-11(7-3-1)16-17-15-12-8-4-5-9-13(12)18-10-14(15)19-16/h1-9H,10H2. The predicted octanol–water partition coefficient (Wildman–Crippen LogP) is 5.08. The van der Waals surface area contributed by atoms with Gasteiger partial charge in [-0.15, -0.1) is 23.1 Å². The molecule has 0 fully saturated rings. The average Bonchev–Trinajstić information content (AvgIpc) is 2.93. The fourth-order valence-corrected chi connectivity index (χ4v) is 4.50. The Labute approximate surface area is 120 Å². The molecule has 2 aromatic carbocycles. The first-order valence-corrected chi connectivity index (χ1v) is 7.99. The maximum Gasteiger partial charge on any atom is 0.124 e. The Hall–Kier alpha value is -1.58. The van der Waals surface area contributed by atoms with Crippen LogP contribution in [0.3, 0.4) is 0 Å². The fraction of sp³-hybridized carbons (Fsp3) is 0.0625. The molecule has 1 aliphatic rings. The van der Waals surface area contributed by atoms with Crippen LogP contribution in [0.15, 0.2) is 59.5 Å². The molecule has 1 aliphatic heterocycles. The van der Waals surface area contributed by atoms with E-state index in [0.29, 0.717) is 0 Å². The molecule has 3 aromatic rings. The quantitative estimate of drug-likeness (QED) is 0.616. The Morgan fingerprint density at radius 1 is 0.895 bits per heavy atom. The highest BCUT2D eigenvalue weighted by Gasteiger charge is 2.21. The molecule has 1 aromatic heterocycles. The molecule has 0 amide bonds. The molecule has 92 valence electrons. The Bertz CT molecular complexity index is 732. The molecule has 0 spiro atoms. The van der Waals surface area contributed by atoms with E-state index in [-0.39, 0.29) is 0 Å². The molecule has 4 rings (SSSR count). The first-order chi connectivity index (χ1) is 9.42. The second-order valence-corrected chi connectivity index (χ2v) is 6.54. The molecule has 0 saturated heterocycles. The van der Waals surface area contributed by atoms with Crippen LogP contribution in [0.1, 0.15) is 4.88 Å². The van der Waals surface area contributed by atoms with E-state index < -0.39 is 0 Å². The van der Waals surface area contributed by atoms with Crippen molar-refractivity contribution in [2.45, 2.75) is 10.6 Å². The summed E-state index contributed by atoms with van der Waals surface area (Å²) in [6.45, 7) is 0. The van der Waals surface area contributed by atoms with Gasteiger partial charge in [-0.2, -0.15) is 0 Å². The van der Waals surface area contributed by atoms with Gasteiger partial charge < -0.3 is 0 Å². The van der Waals surface area contributed by atoms with Crippen molar-refractivity contribution in [2.24, 2.45) is 0 Å². The van der Waals surface area contributed by atoms with E-state index >= 15 is 0 Å². The van der Waals surface area contributed by atoms with Crippen LogP contribution in [0.5, 0.6) is 0 Å². The first kappa shape index (κ1) is 11.3. The van der Waals surface area contributed by atoms with Gasteiger partial charge >= 0.3 is 0 Å². The van der Waals surface area contributed by atoms with Gasteiger partial charge in [0.2, 0.25) is 0 Å². The maximum absolute atomic E-state index is 4.87. The molecular formula is C16H11NS2. The maximum atomic E-state index is 4.87. The van der Waals surface area contributed by atoms with E-state index in [9.17, 15) is 0 Å². The van der Waals surface area contributed by atoms with Crippen LogP contribution in [-0.2, 0) is 5.75 Å². The average molecular weight is 281 g/mol. The molecule has 0 unspecified atom stereocenters. The summed E-state index contributed by atoms with van der Waals surface area (Å²) in [5, 5.41) is 1.13. The number of rotatable bonds is 1. The molecule has 0 N–H and O–H groups in total. The summed E-state index contributed by atoms with van der Waals surface area (Å²) in [6.07, 6.45) is 0. The number of thioether (sulfide) groups is 1. The number of aromatic nitrogens is 1. The minimum absolute atomic E-state index is 1.04. The van der Waals surface area contributed by atoms with E-state index in [4.69, 9.17) is 4.98 Å². The highest BCUT2D eigenvalue weighted by molar-refractivity contribution is 7.98. The molecule has 19 heavy (non-hydrogen) atoms. The number of hydrogen-bond acceptors (Lipinski definition) is 3. The predicted molar refractivity (Wildman–Crippen MR) is 82.5 cm³/mol. The van der Waals surface area contributed by atoms with E-state index in [1.54, 1.807) is 0 Å². The van der Waals surface area contributed by atoms with E-state index in [1.807, 2.05) is 29.2 Å². The van der Waals surface area contributed by atoms with Gasteiger partial charge in [-0.25, -0.2) is 4.98 Å². The number of nitrogens with zero attached hydrogens (tertiary/aromatic N) is 1. The van der Waals surface area contributed by atoms with Crippen molar-refractivity contribution in [3.05, 3.63) is 59.5 Å². The molecule has 2 heterocycles. The van der Waals surface area contributed by atoms with Crippen molar-refractivity contribution >= 4 is 23.1 Å². The zero-order valence-electron chi connectivity index (χ0n) is 10.2. The summed E-state index contributed by atoms with van der Waals surface area (Å²) in [6, 6.07) is 19.0. The van der Waals surface area contributed by atoms with Crippen LogP contribution in [-0.4, -0.2) is 4.98 Å². The smallest absolute Gasteiger partial charge is 0.124 e. The zero-order valence-corrected chi connectivity index (χ0v) is 11.8. The van der Waals surface area contributed by atoms with Crippen LogP contribution in [0.25, 0.3) is 21.8 Å². The molecule has 0 saturated carbocycles. The van der Waals surface area contributed by atoms with E-state index in [0.717, 1.165) is 10.8 Å². The van der Waals surface area contributed by atoms with E-state index in [1.165, 1.54) is 26.6 Å². The Morgan fingerprint density at radius 2 is 1.68 bits per heavy atom. The summed E-state index contributed by atoms with van der Waals surface area (Å²) in [5.41, 5.74) is 3.68. The van der Waals surface area contributed by atoms with Gasteiger partial charge in [-0.1, -0.05) is 48.5 Å². The molecule has 0 atom stereocenters. The van der Waals surface area contributed by atoms with Crippen molar-refractivity contribution in [1.29, 1.82) is 0 Å². The fourth-order valence-electron chi connectivity index (χ4n) is 2.30. The zero-order chi connectivity index (χ0) is 12.7. The molecular weight excluding hydrogens is 270 g/mol. The summed E-state index contributed by atoms with van der Waals surface area (Å²) >= 11 is 3.73. The molecule has 0 aliphatic carbocycles. The molecule has 0 bridgehead atoms. The van der Waals surface area contributed by atoms with Gasteiger partial charge in [0.25, 0.3) is 0 Å². The van der Waals surface area contributed by atoms with Crippen LogP contribution in [0, 0.1) is 0 Å². The third-order valence-corrected chi connectivity index (χ3v) is 5.61. The van der Waals surface area contributed by atoms with Gasteiger partial charge in [0.15, 0.2) is 0 Å². The van der Waals surface area contributed by atoms with Crippen LogP contribution in [0.2, 0.25) is 0 Å². The van der Waals surface area contributed by atoms with E-state index in [2.05, 4.69) is 48.5 Å². The lowest BCUT2D eigenvalue weighted by Gasteiger charge is -2.13. The number of hydrogen-bond donors (Lipinski definition) is 0. The van der Waals surface area contributed by atoms with Crippen molar-refractivity contribution in [3.8, 4) is 21.8 Å². The molecule has 1 nitrogen and oxygen atoms in total. The SMILES string of the molecule is c1ccc(-c2nc3c(s2)CSc2ccccc2-3)cc1. The molecule has 3 heteroatoms. The number of benzene rings is 2. The van der Waals surface area contributed by atoms with Crippen molar-refractivity contribution < 1.29 is 0 Å². The van der Waals surface area contributed by atoms with Gasteiger partial charge in [-0.3, -0.25) is 0 Å². The summed E-state index contributed by atoms with van der Waals surface area (Å²) < 4.78 is 0. The first-order valence-electron chi connectivity index (χ1n) is 6.19. The summed E-state index contributed by atoms with van der Waals surface area (Å²) in [4.78, 5) is 7.61. The van der Waals surface area contributed by atoms with Crippen molar-refractivity contribution in [2.75, 3.05) is 0 Å².